The number of nitrogens with zero attached hydrogens (tertiary/aromatic N) is 6. The minimum absolute atomic E-state index is 0.153. The number of hydrogen-bond donors (Lipinski definition) is 0. The quantitative estimate of drug-likeness (QED) is 0.306. The van der Waals surface area contributed by atoms with Gasteiger partial charge in [-0.15, -0.1) is 0 Å². The molecule has 3 heterocycles. The number of rotatable bonds is 7. The number of ether oxygens (including phenoxy) is 1. The zero-order valence-electron chi connectivity index (χ0n) is 23.9. The van der Waals surface area contributed by atoms with Crippen LogP contribution in [0.5, 0.6) is 6.01 Å². The van der Waals surface area contributed by atoms with Crippen LogP contribution in [0, 0.1) is 18.3 Å². The van der Waals surface area contributed by atoms with E-state index < -0.39 is 0 Å². The van der Waals surface area contributed by atoms with Crippen molar-refractivity contribution in [3.8, 4) is 17.1 Å². The first kappa shape index (κ1) is 26.8. The summed E-state index contributed by atoms with van der Waals surface area (Å²) < 4.78 is 22.8. The summed E-state index contributed by atoms with van der Waals surface area (Å²) in [5, 5.41) is 0.600. The van der Waals surface area contributed by atoms with Gasteiger partial charge in [0.15, 0.2) is 5.82 Å². The number of halogens is 1. The Hall–Kier alpha value is -4.03. The molecule has 8 nitrogen and oxygen atoms in total. The summed E-state index contributed by atoms with van der Waals surface area (Å²) in [6.07, 6.45) is 5.71. The molecule has 9 heteroatoms. The number of fused-ring (bicyclic) bond motifs is 4. The van der Waals surface area contributed by atoms with Crippen molar-refractivity contribution < 1.29 is 13.9 Å². The van der Waals surface area contributed by atoms with Gasteiger partial charge in [-0.25, -0.2) is 11.0 Å². The topological polar surface area (TPSA) is 66.2 Å². The van der Waals surface area contributed by atoms with Gasteiger partial charge in [-0.05, 0) is 79.9 Å². The van der Waals surface area contributed by atoms with Crippen LogP contribution in [-0.4, -0.2) is 84.1 Å². The first-order valence-corrected chi connectivity index (χ1v) is 14.9. The number of likely N-dealkylation sites (tertiary alicyclic amines) is 1. The molecule has 0 spiro atoms. The average molecular weight is 567 g/mol. The monoisotopic (exact) mass is 566 g/mol. The van der Waals surface area contributed by atoms with E-state index in [-0.39, 0.29) is 41.9 Å². The summed E-state index contributed by atoms with van der Waals surface area (Å²) in [5.41, 5.74) is 4.38. The minimum Gasteiger partial charge on any atom is -0.462 e. The number of amides is 1. The second-order valence-electron chi connectivity index (χ2n) is 12.1. The van der Waals surface area contributed by atoms with Crippen LogP contribution in [0.4, 0.5) is 10.2 Å². The van der Waals surface area contributed by atoms with Crippen LogP contribution >= 0.6 is 0 Å². The summed E-state index contributed by atoms with van der Waals surface area (Å²) in [5.74, 6) is 1.24. The molecule has 1 aromatic heterocycles. The first-order valence-electron chi connectivity index (χ1n) is 14.9. The number of piperazine rings is 1. The molecule has 3 aromatic rings. The molecule has 216 valence electrons. The molecule has 2 aromatic carbocycles. The molecule has 0 radical (unpaired) electrons. The average Bonchev–Trinajstić information content (AvgIpc) is 3.48. The number of hydrogen-bond acceptors (Lipinski definition) is 6. The van der Waals surface area contributed by atoms with Gasteiger partial charge >= 0.3 is 6.01 Å². The Morgan fingerprint density at radius 1 is 1.19 bits per heavy atom. The molecule has 3 fully saturated rings. The third kappa shape index (κ3) is 4.58. The fourth-order valence-electron chi connectivity index (χ4n) is 7.29. The largest absolute Gasteiger partial charge is 0.462 e. The molecule has 1 saturated carbocycles. The highest BCUT2D eigenvalue weighted by Crippen LogP contribution is 2.58. The Labute approximate surface area is 245 Å². The smallest absolute Gasteiger partial charge is 0.319 e. The van der Waals surface area contributed by atoms with Crippen molar-refractivity contribution in [2.24, 2.45) is 5.92 Å². The van der Waals surface area contributed by atoms with Gasteiger partial charge in [0.25, 0.3) is 0 Å². The highest BCUT2D eigenvalue weighted by molar-refractivity contribution is 5.94. The zero-order valence-corrected chi connectivity index (χ0v) is 23.9. The lowest BCUT2D eigenvalue weighted by molar-refractivity contribution is -0.128. The highest BCUT2D eigenvalue weighted by atomic mass is 19.1. The highest BCUT2D eigenvalue weighted by Gasteiger charge is 2.46. The van der Waals surface area contributed by atoms with E-state index in [2.05, 4.69) is 34.4 Å². The molecule has 7 rings (SSSR count). The van der Waals surface area contributed by atoms with Crippen LogP contribution in [0.2, 0.25) is 0 Å². The second kappa shape index (κ2) is 10.7. The van der Waals surface area contributed by atoms with Crippen molar-refractivity contribution in [2.75, 3.05) is 51.3 Å². The Balaban J connectivity index is 1.30. The lowest BCUT2D eigenvalue weighted by Gasteiger charge is -2.39. The molecule has 2 aliphatic carbocycles. The molecule has 2 saturated heterocycles. The number of carbonyl (C=O) groups is 1. The minimum atomic E-state index is -0.366. The molecule has 42 heavy (non-hydrogen) atoms. The van der Waals surface area contributed by atoms with E-state index in [9.17, 15) is 4.79 Å². The molecule has 0 unspecified atom stereocenters. The lowest BCUT2D eigenvalue weighted by Crippen LogP contribution is -2.56. The second-order valence-corrected chi connectivity index (χ2v) is 12.1. The predicted molar refractivity (Wildman–Crippen MR) is 160 cm³/mol. The van der Waals surface area contributed by atoms with Crippen LogP contribution in [-0.2, 0) is 11.2 Å². The number of aromatic nitrogens is 2. The van der Waals surface area contributed by atoms with Crippen molar-refractivity contribution in [3.63, 3.8) is 0 Å². The van der Waals surface area contributed by atoms with Gasteiger partial charge in [0, 0.05) is 36.6 Å². The van der Waals surface area contributed by atoms with E-state index in [1.807, 2.05) is 29.2 Å². The predicted octanol–water partition coefficient (Wildman–Crippen LogP) is 4.69. The fraction of sp³-hybridized carbons (Fsp3) is 0.455. The van der Waals surface area contributed by atoms with E-state index in [0.717, 1.165) is 31.4 Å². The number of anilines is 1. The van der Waals surface area contributed by atoms with E-state index >= 15 is 4.39 Å². The molecule has 1 amide bonds. The van der Waals surface area contributed by atoms with E-state index in [4.69, 9.17) is 16.3 Å². The summed E-state index contributed by atoms with van der Waals surface area (Å²) in [7, 11) is 2.09. The van der Waals surface area contributed by atoms with Gasteiger partial charge in [0.1, 0.15) is 24.0 Å². The summed E-state index contributed by atoms with van der Waals surface area (Å²) >= 11 is 0. The fourth-order valence-corrected chi connectivity index (χ4v) is 7.29. The van der Waals surface area contributed by atoms with Crippen molar-refractivity contribution in [2.45, 2.75) is 43.7 Å². The molecular weight excluding hydrogens is 531 g/mol. The van der Waals surface area contributed by atoms with Crippen LogP contribution in [0.25, 0.3) is 26.9 Å². The van der Waals surface area contributed by atoms with Gasteiger partial charge in [0.2, 0.25) is 12.5 Å². The molecule has 2 aliphatic heterocycles. The van der Waals surface area contributed by atoms with Gasteiger partial charge in [-0.1, -0.05) is 30.8 Å². The zero-order chi connectivity index (χ0) is 29.0. The number of carbonyl (C=O) groups excluding carboxylic acids is 1. The van der Waals surface area contributed by atoms with Crippen LogP contribution in [0.1, 0.15) is 36.3 Å². The third-order valence-electron chi connectivity index (χ3n) is 9.65. The standard InChI is InChI=1S/C33H35FN6O2/c1-4-28(41)40-14-13-39(18-23(40)17-35-2)32-26-11-10-25(24-9-5-7-20-15-21-16-27(21)29(20)24)30(34)31(26)36-33(37-32)42-19-22-8-6-12-38(22)3/h4-5,7,9-11,21-23,27H,1,6,8,12-19H2,3H3/t21-,22-,23-,27+/m0/s1. The maximum absolute atomic E-state index is 16.6. The van der Waals surface area contributed by atoms with Gasteiger partial charge in [0.05, 0.1) is 0 Å². The first-order chi connectivity index (χ1) is 20.5. The Kier molecular flexibility index (Phi) is 6.82. The van der Waals surface area contributed by atoms with Crippen molar-refractivity contribution in [3.05, 3.63) is 71.3 Å². The molecular formula is C33H35FN6O2. The van der Waals surface area contributed by atoms with Gasteiger partial charge in [-0.2, -0.15) is 9.97 Å². The van der Waals surface area contributed by atoms with Crippen molar-refractivity contribution in [1.29, 1.82) is 0 Å². The Morgan fingerprint density at radius 2 is 2.07 bits per heavy atom. The van der Waals surface area contributed by atoms with Crippen LogP contribution in [0.15, 0.2) is 43.0 Å². The SMILES string of the molecule is [C-]#[N+]C[C@H]1CN(c2nc(OC[C@@H]3CCCN3C)nc3c(F)c(-c4cccc5c4[C@@H]4C[C@@H]4C5)ccc23)CCN1C(=O)C=C. The molecule has 4 aliphatic rings. The van der Waals surface area contributed by atoms with E-state index in [1.165, 1.54) is 23.6 Å². The van der Waals surface area contributed by atoms with Gasteiger partial charge in [-0.3, -0.25) is 4.79 Å². The molecule has 4 atom stereocenters. The number of likely N-dealkylation sites (N-methyl/N-ethyl adjacent to an activating group) is 1. The van der Waals surface area contributed by atoms with Crippen molar-refractivity contribution >= 4 is 22.6 Å². The van der Waals surface area contributed by atoms with E-state index in [1.54, 1.807) is 4.90 Å². The summed E-state index contributed by atoms with van der Waals surface area (Å²) in [6, 6.07) is 10.1. The van der Waals surface area contributed by atoms with Crippen LogP contribution < -0.4 is 9.64 Å². The summed E-state index contributed by atoms with van der Waals surface area (Å²) in [4.78, 5) is 31.6. The van der Waals surface area contributed by atoms with Crippen molar-refractivity contribution in [1.82, 2.24) is 19.8 Å². The summed E-state index contributed by atoms with van der Waals surface area (Å²) in [6.45, 7) is 14.0. The number of benzene rings is 2. The maximum atomic E-state index is 16.6. The molecule has 0 bridgehead atoms. The lowest BCUT2D eigenvalue weighted by atomic mass is 9.93. The Morgan fingerprint density at radius 3 is 2.86 bits per heavy atom. The van der Waals surface area contributed by atoms with E-state index in [0.29, 0.717) is 54.8 Å². The van der Waals surface area contributed by atoms with Gasteiger partial charge < -0.3 is 24.3 Å². The Bertz CT molecular complexity index is 1620. The normalized spacial score (nSPS) is 24.8. The van der Waals surface area contributed by atoms with Crippen LogP contribution in [0.3, 0.4) is 0 Å². The maximum Gasteiger partial charge on any atom is 0.319 e. The molecule has 0 N–H and O–H groups in total. The third-order valence-corrected chi connectivity index (χ3v) is 9.65.